The first-order chi connectivity index (χ1) is 4.30. The van der Waals surface area contributed by atoms with Crippen LogP contribution in [-0.2, 0) is 4.79 Å². The van der Waals surface area contributed by atoms with Gasteiger partial charge in [-0.3, -0.25) is 4.79 Å². The molecule has 9 heavy (non-hydrogen) atoms. The number of carbonyl (C=O) groups is 1. The Labute approximate surface area is 55.0 Å². The summed E-state index contributed by atoms with van der Waals surface area (Å²) in [6, 6.07) is 0. The highest BCUT2D eigenvalue weighted by molar-refractivity contribution is 5.78. The van der Waals surface area contributed by atoms with Crippen molar-refractivity contribution in [1.82, 2.24) is 10.2 Å². The highest BCUT2D eigenvalue weighted by Crippen LogP contribution is 1.90. The van der Waals surface area contributed by atoms with Crippen molar-refractivity contribution in [2.45, 2.75) is 6.42 Å². The molecule has 0 unspecified atom stereocenters. The maximum atomic E-state index is 10.9. The summed E-state index contributed by atoms with van der Waals surface area (Å²) in [7, 11) is 1.84. The first-order valence-corrected chi connectivity index (χ1v) is 3.25. The van der Waals surface area contributed by atoms with Gasteiger partial charge in [0.25, 0.3) is 0 Å². The minimum atomic E-state index is 0.201. The van der Waals surface area contributed by atoms with E-state index in [1.165, 1.54) is 0 Å². The van der Waals surface area contributed by atoms with Gasteiger partial charge in [0, 0.05) is 13.6 Å². The van der Waals surface area contributed by atoms with E-state index in [9.17, 15) is 4.79 Å². The molecule has 0 aromatic carbocycles. The Morgan fingerprint density at radius 3 is 3.22 bits per heavy atom. The third-order valence-corrected chi connectivity index (χ3v) is 1.55. The molecule has 52 valence electrons. The summed E-state index contributed by atoms with van der Waals surface area (Å²) in [6.45, 7) is 2.37. The van der Waals surface area contributed by atoms with Crippen molar-refractivity contribution in [3.8, 4) is 0 Å². The molecule has 1 saturated heterocycles. The Morgan fingerprint density at radius 1 is 1.67 bits per heavy atom. The summed E-state index contributed by atoms with van der Waals surface area (Å²) >= 11 is 0. The predicted molar refractivity (Wildman–Crippen MR) is 35.1 cm³/mol. The molecular weight excluding hydrogens is 116 g/mol. The lowest BCUT2D eigenvalue weighted by molar-refractivity contribution is -0.128. The van der Waals surface area contributed by atoms with Gasteiger partial charge in [0.05, 0.1) is 6.54 Å². The van der Waals surface area contributed by atoms with Crippen LogP contribution in [0.4, 0.5) is 0 Å². The van der Waals surface area contributed by atoms with E-state index in [2.05, 4.69) is 5.32 Å². The van der Waals surface area contributed by atoms with Crippen LogP contribution in [-0.4, -0.2) is 37.5 Å². The number of carbonyl (C=O) groups excluding carboxylic acids is 1. The minimum absolute atomic E-state index is 0.201. The molecule has 1 amide bonds. The average molecular weight is 128 g/mol. The van der Waals surface area contributed by atoms with Crippen LogP contribution in [0.25, 0.3) is 0 Å². The Hall–Kier alpha value is -0.570. The standard InChI is InChI=1S/C6H12N2O/c1-8-4-2-3-7-5-6(8)9/h7H,2-5H2,1H3. The second kappa shape index (κ2) is 2.82. The highest BCUT2D eigenvalue weighted by atomic mass is 16.2. The number of nitrogens with one attached hydrogen (secondary N) is 1. The fourth-order valence-electron chi connectivity index (χ4n) is 0.896. The monoisotopic (exact) mass is 128 g/mol. The van der Waals surface area contributed by atoms with E-state index in [1.54, 1.807) is 4.90 Å². The zero-order chi connectivity index (χ0) is 6.69. The van der Waals surface area contributed by atoms with Crippen molar-refractivity contribution < 1.29 is 4.79 Å². The van der Waals surface area contributed by atoms with Gasteiger partial charge in [-0.25, -0.2) is 0 Å². The van der Waals surface area contributed by atoms with Crippen LogP contribution in [0.3, 0.4) is 0 Å². The van der Waals surface area contributed by atoms with Gasteiger partial charge in [0.2, 0.25) is 5.91 Å². The van der Waals surface area contributed by atoms with Gasteiger partial charge in [-0.15, -0.1) is 0 Å². The molecule has 0 radical (unpaired) electrons. The van der Waals surface area contributed by atoms with Crippen LogP contribution >= 0.6 is 0 Å². The van der Waals surface area contributed by atoms with Crippen molar-refractivity contribution in [2.24, 2.45) is 0 Å². The zero-order valence-corrected chi connectivity index (χ0v) is 5.68. The first-order valence-electron chi connectivity index (χ1n) is 3.25. The zero-order valence-electron chi connectivity index (χ0n) is 5.68. The van der Waals surface area contributed by atoms with Gasteiger partial charge < -0.3 is 10.2 Å². The lowest BCUT2D eigenvalue weighted by atomic mass is 10.4. The fraction of sp³-hybridized carbons (Fsp3) is 0.833. The van der Waals surface area contributed by atoms with Crippen LogP contribution in [0, 0.1) is 0 Å². The normalized spacial score (nSPS) is 21.9. The van der Waals surface area contributed by atoms with Gasteiger partial charge in [-0.05, 0) is 13.0 Å². The Kier molecular flexibility index (Phi) is 2.05. The van der Waals surface area contributed by atoms with E-state index in [0.29, 0.717) is 6.54 Å². The summed E-state index contributed by atoms with van der Waals surface area (Å²) in [5.41, 5.74) is 0. The molecule has 1 rings (SSSR count). The molecule has 1 heterocycles. The van der Waals surface area contributed by atoms with Crippen LogP contribution in [0.1, 0.15) is 6.42 Å². The summed E-state index contributed by atoms with van der Waals surface area (Å²) < 4.78 is 0. The fourth-order valence-corrected chi connectivity index (χ4v) is 0.896. The third-order valence-electron chi connectivity index (χ3n) is 1.55. The highest BCUT2D eigenvalue weighted by Gasteiger charge is 2.10. The minimum Gasteiger partial charge on any atom is -0.345 e. The molecule has 3 heteroatoms. The molecule has 0 saturated carbocycles. The van der Waals surface area contributed by atoms with Crippen LogP contribution < -0.4 is 5.32 Å². The SMILES string of the molecule is CN1CCCNCC1=O. The number of hydrogen-bond donors (Lipinski definition) is 1. The summed E-state index contributed by atoms with van der Waals surface area (Å²) in [4.78, 5) is 12.6. The van der Waals surface area contributed by atoms with Gasteiger partial charge in [0.1, 0.15) is 0 Å². The summed E-state index contributed by atoms with van der Waals surface area (Å²) in [6.07, 6.45) is 1.07. The van der Waals surface area contributed by atoms with E-state index in [0.717, 1.165) is 19.5 Å². The van der Waals surface area contributed by atoms with Crippen molar-refractivity contribution >= 4 is 5.91 Å². The van der Waals surface area contributed by atoms with Crippen molar-refractivity contribution in [3.63, 3.8) is 0 Å². The number of rotatable bonds is 0. The molecule has 3 nitrogen and oxygen atoms in total. The van der Waals surface area contributed by atoms with Crippen LogP contribution in [0.5, 0.6) is 0 Å². The molecule has 1 N–H and O–H groups in total. The Bertz CT molecular complexity index is 114. The quantitative estimate of drug-likeness (QED) is 0.474. The van der Waals surface area contributed by atoms with Crippen molar-refractivity contribution in [3.05, 3.63) is 0 Å². The first kappa shape index (κ1) is 6.55. The maximum Gasteiger partial charge on any atom is 0.236 e. The molecule has 0 aromatic heterocycles. The largest absolute Gasteiger partial charge is 0.345 e. The summed E-state index contributed by atoms with van der Waals surface area (Å²) in [5, 5.41) is 3.04. The number of hydrogen-bond acceptors (Lipinski definition) is 2. The van der Waals surface area contributed by atoms with E-state index >= 15 is 0 Å². The third kappa shape index (κ3) is 1.68. The van der Waals surface area contributed by atoms with E-state index in [-0.39, 0.29) is 5.91 Å². The van der Waals surface area contributed by atoms with E-state index in [1.807, 2.05) is 7.05 Å². The van der Waals surface area contributed by atoms with Crippen molar-refractivity contribution in [1.29, 1.82) is 0 Å². The molecule has 0 spiro atoms. The lowest BCUT2D eigenvalue weighted by Crippen LogP contribution is -2.31. The van der Waals surface area contributed by atoms with Gasteiger partial charge in [0.15, 0.2) is 0 Å². The van der Waals surface area contributed by atoms with Gasteiger partial charge in [-0.2, -0.15) is 0 Å². The van der Waals surface area contributed by atoms with Gasteiger partial charge >= 0.3 is 0 Å². The topological polar surface area (TPSA) is 32.3 Å². The van der Waals surface area contributed by atoms with E-state index < -0.39 is 0 Å². The predicted octanol–water partition coefficient (Wildman–Crippen LogP) is -0.562. The maximum absolute atomic E-state index is 10.9. The second-order valence-electron chi connectivity index (χ2n) is 2.35. The molecule has 1 aliphatic rings. The molecule has 0 aromatic rings. The molecular formula is C6H12N2O. The Balaban J connectivity index is 2.41. The second-order valence-corrected chi connectivity index (χ2v) is 2.35. The number of amides is 1. The summed E-state index contributed by atoms with van der Waals surface area (Å²) in [5.74, 6) is 0.201. The molecule has 0 atom stereocenters. The number of likely N-dealkylation sites (N-methyl/N-ethyl adjacent to an activating group) is 1. The lowest BCUT2D eigenvalue weighted by Gasteiger charge is -2.11. The van der Waals surface area contributed by atoms with Crippen LogP contribution in [0.15, 0.2) is 0 Å². The molecule has 1 aliphatic heterocycles. The molecule has 0 bridgehead atoms. The van der Waals surface area contributed by atoms with Crippen LogP contribution in [0.2, 0.25) is 0 Å². The van der Waals surface area contributed by atoms with Crippen molar-refractivity contribution in [2.75, 3.05) is 26.7 Å². The number of nitrogens with zero attached hydrogens (tertiary/aromatic N) is 1. The molecule has 0 aliphatic carbocycles. The average Bonchev–Trinajstić information content (AvgIpc) is 1.99. The molecule has 1 fully saturated rings. The Morgan fingerprint density at radius 2 is 2.44 bits per heavy atom. The smallest absolute Gasteiger partial charge is 0.236 e. The van der Waals surface area contributed by atoms with E-state index in [4.69, 9.17) is 0 Å². The van der Waals surface area contributed by atoms with Gasteiger partial charge in [-0.1, -0.05) is 0 Å².